The summed E-state index contributed by atoms with van der Waals surface area (Å²) in [5, 5.41) is 6.20. The molecule has 0 aliphatic rings. The first-order chi connectivity index (χ1) is 11.3. The number of nitrogens with zero attached hydrogens (tertiary/aromatic N) is 1. The van der Waals surface area contributed by atoms with E-state index in [1.807, 2.05) is 13.8 Å². The van der Waals surface area contributed by atoms with Gasteiger partial charge in [0.05, 0.1) is 0 Å². The molecular formula is C17H25F4N3. The highest BCUT2D eigenvalue weighted by molar-refractivity contribution is 5.79. The number of aryl methyl sites for hydroxylation is 1. The number of aliphatic imine (C=N–C) groups is 1. The molecule has 1 rings (SSSR count). The number of alkyl halides is 3. The molecule has 136 valence electrons. The first kappa shape index (κ1) is 20.3. The second kappa shape index (κ2) is 10.2. The molecule has 0 saturated carbocycles. The summed E-state index contributed by atoms with van der Waals surface area (Å²) >= 11 is 0. The predicted molar refractivity (Wildman–Crippen MR) is 88.7 cm³/mol. The summed E-state index contributed by atoms with van der Waals surface area (Å²) in [6, 6.07) is 4.69. The lowest BCUT2D eigenvalue weighted by Crippen LogP contribution is -2.38. The number of unbranched alkanes of at least 4 members (excludes halogenated alkanes) is 1. The Morgan fingerprint density at radius 3 is 2.54 bits per heavy atom. The summed E-state index contributed by atoms with van der Waals surface area (Å²) in [5.74, 6) is 0.335. The topological polar surface area (TPSA) is 36.4 Å². The zero-order valence-electron chi connectivity index (χ0n) is 14.1. The Hall–Kier alpha value is -1.79. The summed E-state index contributed by atoms with van der Waals surface area (Å²) in [6.07, 6.45) is -3.67. The maximum Gasteiger partial charge on any atom is 0.389 e. The number of hydrogen-bond donors (Lipinski definition) is 2. The van der Waals surface area contributed by atoms with E-state index in [2.05, 4.69) is 15.6 Å². The van der Waals surface area contributed by atoms with Gasteiger partial charge in [-0.1, -0.05) is 6.07 Å². The van der Waals surface area contributed by atoms with Crippen LogP contribution < -0.4 is 10.6 Å². The molecule has 0 unspecified atom stereocenters. The molecule has 0 amide bonds. The normalized spacial score (nSPS) is 12.3. The molecule has 0 aliphatic carbocycles. The van der Waals surface area contributed by atoms with Crippen LogP contribution in [-0.2, 0) is 6.42 Å². The number of nitrogens with one attached hydrogen (secondary N) is 2. The Bertz CT molecular complexity index is 527. The van der Waals surface area contributed by atoms with Crippen LogP contribution in [0.3, 0.4) is 0 Å². The van der Waals surface area contributed by atoms with Gasteiger partial charge in [0, 0.05) is 26.1 Å². The molecule has 1 aromatic rings. The van der Waals surface area contributed by atoms with Gasteiger partial charge in [0.1, 0.15) is 5.82 Å². The van der Waals surface area contributed by atoms with Crippen LogP contribution in [0.1, 0.15) is 37.3 Å². The van der Waals surface area contributed by atoms with Gasteiger partial charge in [0.2, 0.25) is 0 Å². The van der Waals surface area contributed by atoms with Crippen molar-refractivity contribution in [1.82, 2.24) is 10.6 Å². The van der Waals surface area contributed by atoms with Crippen LogP contribution in [0.15, 0.2) is 23.2 Å². The Morgan fingerprint density at radius 1 is 1.17 bits per heavy atom. The van der Waals surface area contributed by atoms with Crippen molar-refractivity contribution in [3.05, 3.63) is 35.1 Å². The fourth-order valence-electron chi connectivity index (χ4n) is 2.23. The highest BCUT2D eigenvalue weighted by Gasteiger charge is 2.25. The van der Waals surface area contributed by atoms with Crippen LogP contribution in [0.2, 0.25) is 0 Å². The van der Waals surface area contributed by atoms with E-state index in [9.17, 15) is 17.6 Å². The lowest BCUT2D eigenvalue weighted by Gasteiger charge is -2.12. The average molecular weight is 347 g/mol. The maximum atomic E-state index is 13.1. The minimum absolute atomic E-state index is 0.0845. The fourth-order valence-corrected chi connectivity index (χ4v) is 2.23. The Kier molecular flexibility index (Phi) is 8.57. The molecule has 0 atom stereocenters. The average Bonchev–Trinajstić information content (AvgIpc) is 2.48. The van der Waals surface area contributed by atoms with Gasteiger partial charge in [-0.2, -0.15) is 13.2 Å². The predicted octanol–water partition coefficient (Wildman–Crippen LogP) is 3.96. The van der Waals surface area contributed by atoms with Crippen molar-refractivity contribution in [2.45, 2.75) is 45.7 Å². The van der Waals surface area contributed by atoms with Crippen molar-refractivity contribution in [3.8, 4) is 0 Å². The smallest absolute Gasteiger partial charge is 0.357 e. The molecule has 7 heteroatoms. The van der Waals surface area contributed by atoms with Crippen LogP contribution >= 0.6 is 0 Å². The molecule has 24 heavy (non-hydrogen) atoms. The largest absolute Gasteiger partial charge is 0.389 e. The first-order valence-electron chi connectivity index (χ1n) is 8.16. The molecule has 0 radical (unpaired) electrons. The van der Waals surface area contributed by atoms with Gasteiger partial charge >= 0.3 is 6.18 Å². The van der Waals surface area contributed by atoms with E-state index in [-0.39, 0.29) is 12.2 Å². The second-order valence-electron chi connectivity index (χ2n) is 5.58. The molecule has 0 heterocycles. The van der Waals surface area contributed by atoms with Crippen molar-refractivity contribution in [3.63, 3.8) is 0 Å². The molecule has 0 aliphatic heterocycles. The standard InChI is InChI=1S/C17H25F4N3/c1-3-22-16(23-10-5-4-9-17(19,20)21)24-11-8-14-6-7-15(18)12-13(14)2/h6-7,12H,3-5,8-11H2,1-2H3,(H2,22,23,24). The van der Waals surface area contributed by atoms with E-state index in [0.29, 0.717) is 38.4 Å². The van der Waals surface area contributed by atoms with Crippen LogP contribution in [0.5, 0.6) is 0 Å². The van der Waals surface area contributed by atoms with Gasteiger partial charge in [-0.15, -0.1) is 0 Å². The van der Waals surface area contributed by atoms with Crippen LogP contribution in [0.4, 0.5) is 17.6 Å². The van der Waals surface area contributed by atoms with Crippen LogP contribution in [0.25, 0.3) is 0 Å². The van der Waals surface area contributed by atoms with E-state index in [4.69, 9.17) is 0 Å². The molecule has 3 nitrogen and oxygen atoms in total. The Morgan fingerprint density at radius 2 is 1.92 bits per heavy atom. The monoisotopic (exact) mass is 347 g/mol. The zero-order chi connectivity index (χ0) is 18.0. The van der Waals surface area contributed by atoms with Gasteiger partial charge in [0.15, 0.2) is 5.96 Å². The number of rotatable bonds is 8. The van der Waals surface area contributed by atoms with E-state index in [1.54, 1.807) is 6.07 Å². The lowest BCUT2D eigenvalue weighted by molar-refractivity contribution is -0.135. The van der Waals surface area contributed by atoms with Crippen molar-refractivity contribution in [2.75, 3.05) is 19.6 Å². The lowest BCUT2D eigenvalue weighted by atomic mass is 10.1. The minimum Gasteiger partial charge on any atom is -0.357 e. The summed E-state index contributed by atoms with van der Waals surface area (Å²) in [4.78, 5) is 4.27. The van der Waals surface area contributed by atoms with Gasteiger partial charge in [-0.05, 0) is 56.4 Å². The summed E-state index contributed by atoms with van der Waals surface area (Å²) in [7, 11) is 0. The zero-order valence-corrected chi connectivity index (χ0v) is 14.1. The van der Waals surface area contributed by atoms with Crippen LogP contribution in [0, 0.1) is 12.7 Å². The second-order valence-corrected chi connectivity index (χ2v) is 5.58. The number of guanidine groups is 1. The van der Waals surface area contributed by atoms with Crippen molar-refractivity contribution < 1.29 is 17.6 Å². The van der Waals surface area contributed by atoms with E-state index < -0.39 is 12.6 Å². The van der Waals surface area contributed by atoms with Crippen molar-refractivity contribution >= 4 is 5.96 Å². The third-order valence-electron chi connectivity index (χ3n) is 3.47. The van der Waals surface area contributed by atoms with Gasteiger partial charge in [-0.25, -0.2) is 4.39 Å². The van der Waals surface area contributed by atoms with Gasteiger partial charge < -0.3 is 10.6 Å². The number of hydrogen-bond acceptors (Lipinski definition) is 1. The molecule has 0 aromatic heterocycles. The maximum absolute atomic E-state index is 13.1. The molecule has 1 aromatic carbocycles. The third kappa shape index (κ3) is 8.74. The number of benzene rings is 1. The van der Waals surface area contributed by atoms with E-state index in [0.717, 1.165) is 11.1 Å². The SMILES string of the molecule is CCNC(=NCCCCC(F)(F)F)NCCc1ccc(F)cc1C. The van der Waals surface area contributed by atoms with Crippen molar-refractivity contribution in [2.24, 2.45) is 4.99 Å². The van der Waals surface area contributed by atoms with Crippen molar-refractivity contribution in [1.29, 1.82) is 0 Å². The highest BCUT2D eigenvalue weighted by atomic mass is 19.4. The summed E-state index contributed by atoms with van der Waals surface area (Å²) < 4.78 is 49.2. The molecule has 2 N–H and O–H groups in total. The highest BCUT2D eigenvalue weighted by Crippen LogP contribution is 2.21. The molecule has 0 bridgehead atoms. The quantitative estimate of drug-likeness (QED) is 0.323. The van der Waals surface area contributed by atoms with Gasteiger partial charge in [0.25, 0.3) is 0 Å². The van der Waals surface area contributed by atoms with Crippen LogP contribution in [-0.4, -0.2) is 31.8 Å². The minimum atomic E-state index is -4.10. The summed E-state index contributed by atoms with van der Waals surface area (Å²) in [6.45, 7) is 5.41. The Balaban J connectivity index is 2.38. The van der Waals surface area contributed by atoms with E-state index in [1.165, 1.54) is 12.1 Å². The number of halogens is 4. The fraction of sp³-hybridized carbons (Fsp3) is 0.588. The molecule has 0 fully saturated rings. The first-order valence-corrected chi connectivity index (χ1v) is 8.16. The summed E-state index contributed by atoms with van der Waals surface area (Å²) in [5.41, 5.74) is 1.94. The third-order valence-corrected chi connectivity index (χ3v) is 3.47. The molecular weight excluding hydrogens is 322 g/mol. The van der Waals surface area contributed by atoms with Gasteiger partial charge in [-0.3, -0.25) is 4.99 Å². The Labute approximate surface area is 140 Å². The molecule has 0 saturated heterocycles. The van der Waals surface area contributed by atoms with E-state index >= 15 is 0 Å². The molecule has 0 spiro atoms.